The zero-order valence-corrected chi connectivity index (χ0v) is 16.2. The predicted molar refractivity (Wildman–Crippen MR) is 98.4 cm³/mol. The number of aliphatic carboxylic acids is 1. The van der Waals surface area contributed by atoms with E-state index in [1.165, 1.54) is 4.90 Å². The van der Waals surface area contributed by atoms with Crippen LogP contribution in [0.5, 0.6) is 0 Å². The number of carboxylic acid groups (broad SMARTS) is 1. The molecule has 0 radical (unpaired) electrons. The Hall–Kier alpha value is -1.96. The average Bonchev–Trinajstić information content (AvgIpc) is 2.57. The van der Waals surface area contributed by atoms with Crippen molar-refractivity contribution in [1.29, 1.82) is 0 Å². The first-order chi connectivity index (χ1) is 12.1. The molecule has 0 aliphatic heterocycles. The van der Waals surface area contributed by atoms with Crippen LogP contribution < -0.4 is 11.1 Å². The summed E-state index contributed by atoms with van der Waals surface area (Å²) in [4.78, 5) is 48.4. The first-order valence-corrected chi connectivity index (χ1v) is 9.17. The lowest BCUT2D eigenvalue weighted by atomic mass is 10.0. The van der Waals surface area contributed by atoms with Gasteiger partial charge in [-0.25, -0.2) is 0 Å². The first-order valence-electron chi connectivity index (χ1n) is 9.17. The maximum absolute atomic E-state index is 12.8. The molecule has 0 aliphatic carbocycles. The summed E-state index contributed by atoms with van der Waals surface area (Å²) >= 11 is 0. The molecule has 0 unspecified atom stereocenters. The van der Waals surface area contributed by atoms with E-state index in [0.29, 0.717) is 13.0 Å². The van der Waals surface area contributed by atoms with Gasteiger partial charge in [-0.2, -0.15) is 0 Å². The summed E-state index contributed by atoms with van der Waals surface area (Å²) in [6, 6.07) is -2.37. The second-order valence-corrected chi connectivity index (χ2v) is 6.99. The summed E-state index contributed by atoms with van der Waals surface area (Å²) in [6.07, 6.45) is 2.73. The molecule has 0 heterocycles. The van der Waals surface area contributed by atoms with Crippen molar-refractivity contribution in [3.63, 3.8) is 0 Å². The van der Waals surface area contributed by atoms with Crippen LogP contribution in [0, 0.1) is 5.92 Å². The summed E-state index contributed by atoms with van der Waals surface area (Å²) in [6.45, 7) is 7.93. The molecule has 0 aliphatic rings. The highest BCUT2D eigenvalue weighted by molar-refractivity contribution is 5.90. The largest absolute Gasteiger partial charge is 0.481 e. The van der Waals surface area contributed by atoms with Gasteiger partial charge in [0.25, 0.3) is 0 Å². The fourth-order valence-corrected chi connectivity index (χ4v) is 2.55. The molecule has 0 rings (SSSR count). The van der Waals surface area contributed by atoms with Crippen molar-refractivity contribution in [3.05, 3.63) is 0 Å². The number of carbonyl (C=O) groups is 4. The number of nitrogens with zero attached hydrogens (tertiary/aromatic N) is 1. The van der Waals surface area contributed by atoms with Crippen LogP contribution in [-0.4, -0.2) is 58.7 Å². The average molecular weight is 371 g/mol. The highest BCUT2D eigenvalue weighted by atomic mass is 16.4. The number of nitrogens with one attached hydrogen (secondary N) is 1. The van der Waals surface area contributed by atoms with E-state index in [1.807, 2.05) is 20.8 Å². The van der Waals surface area contributed by atoms with Gasteiger partial charge in [0.05, 0.1) is 12.1 Å². The van der Waals surface area contributed by atoms with Gasteiger partial charge in [0, 0.05) is 13.0 Å². The van der Waals surface area contributed by atoms with Gasteiger partial charge in [0.1, 0.15) is 12.3 Å². The van der Waals surface area contributed by atoms with Crippen molar-refractivity contribution in [2.75, 3.05) is 6.54 Å². The molecule has 0 aromatic rings. The Balaban J connectivity index is 4.98. The number of rotatable bonds is 13. The molecule has 8 nitrogen and oxygen atoms in total. The van der Waals surface area contributed by atoms with Gasteiger partial charge in [-0.05, 0) is 32.1 Å². The Labute approximate surface area is 155 Å². The molecule has 0 aromatic carbocycles. The van der Waals surface area contributed by atoms with E-state index in [2.05, 4.69) is 5.32 Å². The summed E-state index contributed by atoms with van der Waals surface area (Å²) in [5, 5.41) is 11.2. The van der Waals surface area contributed by atoms with Crippen molar-refractivity contribution in [3.8, 4) is 0 Å². The zero-order valence-electron chi connectivity index (χ0n) is 16.2. The van der Waals surface area contributed by atoms with E-state index < -0.39 is 30.0 Å². The van der Waals surface area contributed by atoms with Crippen molar-refractivity contribution in [2.45, 2.75) is 77.9 Å². The SMILES string of the molecule is CCCCN(C(=O)[C@H](C)NC(=O)[C@@H](N)CCC(=O)O)[C@H](C=O)CC(C)C. The van der Waals surface area contributed by atoms with Gasteiger partial charge in [0.15, 0.2) is 0 Å². The van der Waals surface area contributed by atoms with Crippen LogP contribution in [0.25, 0.3) is 0 Å². The van der Waals surface area contributed by atoms with Crippen LogP contribution in [0.15, 0.2) is 0 Å². The lowest BCUT2D eigenvalue weighted by Gasteiger charge is -2.32. The molecule has 2 amide bonds. The van der Waals surface area contributed by atoms with Gasteiger partial charge in [-0.3, -0.25) is 14.4 Å². The molecule has 8 heteroatoms. The summed E-state index contributed by atoms with van der Waals surface area (Å²) < 4.78 is 0. The van der Waals surface area contributed by atoms with Gasteiger partial charge in [0.2, 0.25) is 11.8 Å². The Morgan fingerprint density at radius 3 is 2.31 bits per heavy atom. The third kappa shape index (κ3) is 8.94. The van der Waals surface area contributed by atoms with Crippen molar-refractivity contribution in [2.24, 2.45) is 11.7 Å². The third-order valence-corrected chi connectivity index (χ3v) is 4.04. The van der Waals surface area contributed by atoms with Crippen LogP contribution in [0.2, 0.25) is 0 Å². The summed E-state index contributed by atoms with van der Waals surface area (Å²) in [5.41, 5.74) is 5.67. The van der Waals surface area contributed by atoms with Crippen molar-refractivity contribution < 1.29 is 24.3 Å². The third-order valence-electron chi connectivity index (χ3n) is 4.04. The molecular formula is C18H33N3O5. The Morgan fingerprint density at radius 1 is 1.23 bits per heavy atom. The summed E-state index contributed by atoms with van der Waals surface area (Å²) in [7, 11) is 0. The highest BCUT2D eigenvalue weighted by Gasteiger charge is 2.29. The van der Waals surface area contributed by atoms with Gasteiger partial charge in [-0.1, -0.05) is 27.2 Å². The molecule has 3 atom stereocenters. The second kappa shape index (κ2) is 12.4. The van der Waals surface area contributed by atoms with Crippen LogP contribution in [0.1, 0.15) is 59.8 Å². The normalized spacial score (nSPS) is 14.4. The molecule has 26 heavy (non-hydrogen) atoms. The molecule has 0 bridgehead atoms. The Bertz CT molecular complexity index is 481. The number of unbranched alkanes of at least 4 members (excludes halogenated alkanes) is 1. The molecule has 0 fully saturated rings. The number of hydrogen-bond donors (Lipinski definition) is 3. The molecule has 0 saturated carbocycles. The lowest BCUT2D eigenvalue weighted by Crippen LogP contribution is -2.54. The monoisotopic (exact) mass is 371 g/mol. The van der Waals surface area contributed by atoms with Crippen LogP contribution in [-0.2, 0) is 19.2 Å². The summed E-state index contributed by atoms with van der Waals surface area (Å²) in [5.74, 6) is -1.70. The minimum Gasteiger partial charge on any atom is -0.481 e. The number of carboxylic acids is 1. The van der Waals surface area contributed by atoms with Crippen LogP contribution in [0.3, 0.4) is 0 Å². The fourth-order valence-electron chi connectivity index (χ4n) is 2.55. The lowest BCUT2D eigenvalue weighted by molar-refractivity contribution is -0.140. The van der Waals surface area contributed by atoms with Gasteiger partial charge >= 0.3 is 5.97 Å². The quantitative estimate of drug-likeness (QED) is 0.413. The number of carbonyl (C=O) groups excluding carboxylic acids is 3. The van der Waals surface area contributed by atoms with Crippen LogP contribution >= 0.6 is 0 Å². The Kier molecular flexibility index (Phi) is 11.5. The first kappa shape index (κ1) is 24.0. The van der Waals surface area contributed by atoms with Gasteiger partial charge < -0.3 is 25.9 Å². The topological polar surface area (TPSA) is 130 Å². The van der Waals surface area contributed by atoms with E-state index in [1.54, 1.807) is 6.92 Å². The predicted octanol–water partition coefficient (Wildman–Crippen LogP) is 0.926. The fraction of sp³-hybridized carbons (Fsp3) is 0.778. The highest BCUT2D eigenvalue weighted by Crippen LogP contribution is 2.13. The van der Waals surface area contributed by atoms with E-state index in [0.717, 1.165) is 19.1 Å². The van der Waals surface area contributed by atoms with E-state index >= 15 is 0 Å². The Morgan fingerprint density at radius 2 is 1.85 bits per heavy atom. The number of nitrogens with two attached hydrogens (primary N) is 1. The minimum absolute atomic E-state index is 0.00800. The molecule has 0 saturated heterocycles. The maximum atomic E-state index is 12.8. The molecule has 4 N–H and O–H groups in total. The standard InChI is InChI=1S/C18H33N3O5/c1-5-6-9-21(14(11-22)10-12(2)3)18(26)13(4)20-17(25)15(19)7-8-16(23)24/h11-15H,5-10,19H2,1-4H3,(H,20,25)(H,23,24)/t13-,14-,15-/m0/s1. The molecule has 0 aromatic heterocycles. The molecule has 0 spiro atoms. The maximum Gasteiger partial charge on any atom is 0.303 e. The number of hydrogen-bond acceptors (Lipinski definition) is 5. The van der Waals surface area contributed by atoms with E-state index in [9.17, 15) is 19.2 Å². The van der Waals surface area contributed by atoms with E-state index in [4.69, 9.17) is 10.8 Å². The van der Waals surface area contributed by atoms with Crippen LogP contribution in [0.4, 0.5) is 0 Å². The second-order valence-electron chi connectivity index (χ2n) is 6.99. The number of aldehydes is 1. The van der Waals surface area contributed by atoms with Crippen molar-refractivity contribution in [1.82, 2.24) is 10.2 Å². The molecule has 150 valence electrons. The van der Waals surface area contributed by atoms with Crippen molar-refractivity contribution >= 4 is 24.1 Å². The smallest absolute Gasteiger partial charge is 0.303 e. The minimum atomic E-state index is -1.04. The number of amides is 2. The zero-order chi connectivity index (χ0) is 20.3. The van der Waals surface area contributed by atoms with E-state index in [-0.39, 0.29) is 24.7 Å². The molecular weight excluding hydrogens is 338 g/mol. The van der Waals surface area contributed by atoms with Gasteiger partial charge in [-0.15, -0.1) is 0 Å².